The highest BCUT2D eigenvalue weighted by molar-refractivity contribution is 7.99. The molecule has 0 aliphatic rings. The molecular weight excluding hydrogens is 450 g/mol. The average Bonchev–Trinajstić information content (AvgIpc) is 2.73. The van der Waals surface area contributed by atoms with Crippen molar-refractivity contribution in [3.8, 4) is 5.75 Å². The number of nitrogens with zero attached hydrogens (tertiary/aromatic N) is 1. The summed E-state index contributed by atoms with van der Waals surface area (Å²) < 4.78 is 30.3. The Morgan fingerprint density at radius 2 is 1.97 bits per heavy atom. The van der Waals surface area contributed by atoms with E-state index in [2.05, 4.69) is 15.3 Å². The SMILES string of the molecule is COc1ccc(Cl)cc1NC(=O)CSc1ncc(S(=O)(=O)c2ccccc2)c(=O)[nH]1. The second-order valence-corrected chi connectivity index (χ2v) is 9.20. The van der Waals surface area contributed by atoms with Gasteiger partial charge < -0.3 is 15.0 Å². The maximum Gasteiger partial charge on any atom is 0.270 e. The number of aromatic amines is 1. The molecule has 0 bridgehead atoms. The number of benzene rings is 2. The molecule has 1 aromatic heterocycles. The van der Waals surface area contributed by atoms with E-state index in [1.54, 1.807) is 36.4 Å². The van der Waals surface area contributed by atoms with E-state index in [-0.39, 0.29) is 21.7 Å². The summed E-state index contributed by atoms with van der Waals surface area (Å²) in [6.07, 6.45) is 0.988. The summed E-state index contributed by atoms with van der Waals surface area (Å²) in [6.45, 7) is 0. The number of nitrogens with one attached hydrogen (secondary N) is 2. The molecule has 1 heterocycles. The van der Waals surface area contributed by atoms with Gasteiger partial charge in [-0.15, -0.1) is 0 Å². The minimum Gasteiger partial charge on any atom is -0.495 e. The Morgan fingerprint density at radius 1 is 1.23 bits per heavy atom. The largest absolute Gasteiger partial charge is 0.495 e. The van der Waals surface area contributed by atoms with E-state index < -0.39 is 20.3 Å². The smallest absolute Gasteiger partial charge is 0.270 e. The number of amides is 1. The van der Waals surface area contributed by atoms with Gasteiger partial charge in [-0.25, -0.2) is 13.4 Å². The lowest BCUT2D eigenvalue weighted by molar-refractivity contribution is -0.113. The van der Waals surface area contributed by atoms with Crippen LogP contribution >= 0.6 is 23.4 Å². The Kier molecular flexibility index (Phi) is 6.80. The Morgan fingerprint density at radius 3 is 2.63 bits per heavy atom. The second kappa shape index (κ2) is 9.33. The summed E-state index contributed by atoms with van der Waals surface area (Å²) in [5.41, 5.74) is -0.408. The van der Waals surface area contributed by atoms with Crippen LogP contribution in [-0.2, 0) is 14.6 Å². The van der Waals surface area contributed by atoms with Crippen LogP contribution in [0.2, 0.25) is 5.02 Å². The van der Waals surface area contributed by atoms with Gasteiger partial charge in [0.05, 0.1) is 29.6 Å². The number of anilines is 1. The van der Waals surface area contributed by atoms with E-state index in [0.717, 1.165) is 18.0 Å². The molecule has 0 aliphatic carbocycles. The first-order chi connectivity index (χ1) is 14.3. The molecule has 0 unspecified atom stereocenters. The quantitative estimate of drug-likeness (QED) is 0.406. The molecule has 0 fully saturated rings. The van der Waals surface area contributed by atoms with Gasteiger partial charge in [-0.2, -0.15) is 0 Å². The van der Waals surface area contributed by atoms with Gasteiger partial charge in [-0.05, 0) is 30.3 Å². The number of hydrogen-bond acceptors (Lipinski definition) is 7. The third kappa shape index (κ3) is 5.02. The lowest BCUT2D eigenvalue weighted by Crippen LogP contribution is -2.20. The average molecular weight is 466 g/mol. The van der Waals surface area contributed by atoms with Gasteiger partial charge in [0.15, 0.2) is 10.1 Å². The summed E-state index contributed by atoms with van der Waals surface area (Å²) in [5.74, 6) is -0.0208. The van der Waals surface area contributed by atoms with E-state index >= 15 is 0 Å². The molecule has 3 aromatic rings. The monoisotopic (exact) mass is 465 g/mol. The fourth-order valence-electron chi connectivity index (χ4n) is 2.46. The third-order valence-corrected chi connectivity index (χ3v) is 6.75. The Hall–Kier alpha value is -2.82. The molecule has 0 saturated carbocycles. The van der Waals surface area contributed by atoms with Gasteiger partial charge in [-0.1, -0.05) is 41.6 Å². The lowest BCUT2D eigenvalue weighted by Gasteiger charge is -2.10. The van der Waals surface area contributed by atoms with Crippen LogP contribution in [0, 0.1) is 0 Å². The molecule has 1 amide bonds. The molecule has 0 radical (unpaired) electrons. The minimum atomic E-state index is -3.99. The maximum absolute atomic E-state index is 12.6. The molecule has 0 aliphatic heterocycles. The van der Waals surface area contributed by atoms with Crippen molar-refractivity contribution >= 4 is 44.8 Å². The number of methoxy groups -OCH3 is 1. The van der Waals surface area contributed by atoms with Crippen molar-refractivity contribution < 1.29 is 17.9 Å². The van der Waals surface area contributed by atoms with E-state index in [9.17, 15) is 18.0 Å². The highest BCUT2D eigenvalue weighted by atomic mass is 35.5. The molecule has 2 N–H and O–H groups in total. The summed E-state index contributed by atoms with van der Waals surface area (Å²) >= 11 is 6.88. The van der Waals surface area contributed by atoms with Crippen molar-refractivity contribution in [2.24, 2.45) is 0 Å². The first-order valence-electron chi connectivity index (χ1n) is 8.47. The first-order valence-corrected chi connectivity index (χ1v) is 11.3. The van der Waals surface area contributed by atoms with Crippen molar-refractivity contribution in [3.05, 3.63) is 70.1 Å². The lowest BCUT2D eigenvalue weighted by atomic mass is 10.3. The van der Waals surface area contributed by atoms with Crippen LogP contribution in [-0.4, -0.2) is 37.2 Å². The van der Waals surface area contributed by atoms with E-state index in [1.165, 1.54) is 19.2 Å². The van der Waals surface area contributed by atoms with E-state index in [1.807, 2.05) is 0 Å². The summed E-state index contributed by atoms with van der Waals surface area (Å²) in [4.78, 5) is 30.4. The fraction of sp³-hybridized carbons (Fsp3) is 0.105. The second-order valence-electron chi connectivity index (χ2n) is 5.88. The zero-order valence-corrected chi connectivity index (χ0v) is 18.0. The van der Waals surface area contributed by atoms with Gasteiger partial charge in [0.25, 0.3) is 5.56 Å². The summed E-state index contributed by atoms with van der Waals surface area (Å²) in [6, 6.07) is 12.4. The molecular formula is C19H16ClN3O5S2. The molecule has 0 atom stereocenters. The Labute approximate surface area is 181 Å². The van der Waals surface area contributed by atoms with Crippen LogP contribution in [0.5, 0.6) is 5.75 Å². The number of rotatable bonds is 7. The van der Waals surface area contributed by atoms with Gasteiger partial charge in [0.2, 0.25) is 15.7 Å². The highest BCUT2D eigenvalue weighted by Crippen LogP contribution is 2.28. The Balaban J connectivity index is 1.70. The van der Waals surface area contributed by atoms with Crippen molar-refractivity contribution in [1.82, 2.24) is 9.97 Å². The van der Waals surface area contributed by atoms with Crippen LogP contribution < -0.4 is 15.6 Å². The maximum atomic E-state index is 12.6. The predicted molar refractivity (Wildman–Crippen MR) is 114 cm³/mol. The van der Waals surface area contributed by atoms with Crippen LogP contribution in [0.1, 0.15) is 0 Å². The van der Waals surface area contributed by atoms with Crippen molar-refractivity contribution in [2.75, 3.05) is 18.2 Å². The molecule has 0 saturated heterocycles. The number of carbonyl (C=O) groups excluding carboxylic acids is 1. The molecule has 156 valence electrons. The zero-order valence-electron chi connectivity index (χ0n) is 15.6. The number of H-pyrrole nitrogens is 1. The normalized spacial score (nSPS) is 11.1. The molecule has 11 heteroatoms. The summed E-state index contributed by atoms with van der Waals surface area (Å²) in [5, 5.41) is 3.20. The van der Waals surface area contributed by atoms with Crippen LogP contribution in [0.3, 0.4) is 0 Å². The topological polar surface area (TPSA) is 118 Å². The zero-order chi connectivity index (χ0) is 21.7. The van der Waals surface area contributed by atoms with Crippen LogP contribution in [0.25, 0.3) is 0 Å². The van der Waals surface area contributed by atoms with E-state index in [0.29, 0.717) is 16.5 Å². The van der Waals surface area contributed by atoms with Crippen LogP contribution in [0.15, 0.2) is 74.5 Å². The van der Waals surface area contributed by atoms with Gasteiger partial charge >= 0.3 is 0 Å². The van der Waals surface area contributed by atoms with Gasteiger partial charge in [0.1, 0.15) is 5.75 Å². The Bertz CT molecular complexity index is 1230. The fourth-order valence-corrected chi connectivity index (χ4v) is 4.52. The summed E-state index contributed by atoms with van der Waals surface area (Å²) in [7, 11) is -2.53. The van der Waals surface area contributed by atoms with Crippen LogP contribution in [0.4, 0.5) is 5.69 Å². The van der Waals surface area contributed by atoms with Crippen molar-refractivity contribution in [2.45, 2.75) is 14.9 Å². The molecule has 2 aromatic carbocycles. The van der Waals surface area contributed by atoms with Gasteiger partial charge in [0, 0.05) is 5.02 Å². The predicted octanol–water partition coefficient (Wildman–Crippen LogP) is 3.00. The molecule has 30 heavy (non-hydrogen) atoms. The number of aromatic nitrogens is 2. The minimum absolute atomic E-state index is 0.00690. The molecule has 8 nitrogen and oxygen atoms in total. The van der Waals surface area contributed by atoms with Crippen molar-refractivity contribution in [1.29, 1.82) is 0 Å². The first kappa shape index (κ1) is 21.9. The van der Waals surface area contributed by atoms with Gasteiger partial charge in [-0.3, -0.25) is 9.59 Å². The molecule has 0 spiro atoms. The number of carbonyl (C=O) groups is 1. The number of halogens is 1. The third-order valence-electron chi connectivity index (χ3n) is 3.86. The number of sulfone groups is 1. The number of thioether (sulfide) groups is 1. The number of ether oxygens (including phenoxy) is 1. The standard InChI is InChI=1S/C19H16ClN3O5S2/c1-28-15-8-7-12(20)9-14(15)22-17(24)11-29-19-21-10-16(18(25)23-19)30(26,27)13-5-3-2-4-6-13/h2-10H,11H2,1H3,(H,22,24)(H,21,23,25). The number of hydrogen-bond donors (Lipinski definition) is 2. The highest BCUT2D eigenvalue weighted by Gasteiger charge is 2.22. The molecule has 3 rings (SSSR count). The van der Waals surface area contributed by atoms with E-state index in [4.69, 9.17) is 16.3 Å². The van der Waals surface area contributed by atoms with Crippen molar-refractivity contribution in [3.63, 3.8) is 0 Å².